The third kappa shape index (κ3) is 4.19. The number of hydrogen-bond acceptors (Lipinski definition) is 4. The Morgan fingerprint density at radius 1 is 1.22 bits per heavy atom. The maximum absolute atomic E-state index is 5.61. The van der Waals surface area contributed by atoms with Crippen molar-refractivity contribution in [3.05, 3.63) is 0 Å². The minimum atomic E-state index is 0.234. The normalized spacial score (nSPS) is 28.5. The molecule has 0 amide bonds. The average molecular weight is 256 g/mol. The van der Waals surface area contributed by atoms with Gasteiger partial charge in [-0.15, -0.1) is 0 Å². The Balaban J connectivity index is 1.74. The maximum atomic E-state index is 5.61. The lowest BCUT2D eigenvalue weighted by atomic mass is 9.96. The number of rotatable bonds is 7. The van der Waals surface area contributed by atoms with E-state index in [2.05, 4.69) is 24.1 Å². The molecule has 106 valence electrons. The third-order valence-corrected chi connectivity index (χ3v) is 3.98. The summed E-state index contributed by atoms with van der Waals surface area (Å²) < 4.78 is 10.6. The quantitative estimate of drug-likeness (QED) is 0.692. The highest BCUT2D eigenvalue weighted by atomic mass is 16.5. The van der Waals surface area contributed by atoms with Gasteiger partial charge in [0, 0.05) is 38.3 Å². The molecule has 1 atom stereocenters. The molecule has 0 spiro atoms. The van der Waals surface area contributed by atoms with Crippen molar-refractivity contribution < 1.29 is 9.47 Å². The van der Waals surface area contributed by atoms with Crippen LogP contribution in [0.3, 0.4) is 0 Å². The second-order valence-corrected chi connectivity index (χ2v) is 6.25. The van der Waals surface area contributed by atoms with Gasteiger partial charge in [0.25, 0.3) is 0 Å². The molecule has 2 rings (SSSR count). The van der Waals surface area contributed by atoms with E-state index in [0.29, 0.717) is 13.2 Å². The third-order valence-electron chi connectivity index (χ3n) is 3.98. The standard InChI is InChI=1S/C14H28N2O2/c1-14(2)11-16(6-7-18-9-8-17-3)13(10-15-14)12-4-5-12/h12-13,15H,4-11H2,1-3H3. The molecule has 2 fully saturated rings. The molecule has 1 aliphatic heterocycles. The molecular weight excluding hydrogens is 228 g/mol. The van der Waals surface area contributed by atoms with Crippen LogP contribution >= 0.6 is 0 Å². The molecule has 0 aromatic carbocycles. The molecule has 0 radical (unpaired) electrons. The van der Waals surface area contributed by atoms with Gasteiger partial charge in [0.1, 0.15) is 0 Å². The van der Waals surface area contributed by atoms with E-state index in [9.17, 15) is 0 Å². The Labute approximate surface area is 111 Å². The monoisotopic (exact) mass is 256 g/mol. The van der Waals surface area contributed by atoms with Crippen LogP contribution in [0.4, 0.5) is 0 Å². The zero-order valence-electron chi connectivity index (χ0n) is 12.1. The van der Waals surface area contributed by atoms with Gasteiger partial charge in [0.2, 0.25) is 0 Å². The number of nitrogens with one attached hydrogen (secondary N) is 1. The second kappa shape index (κ2) is 6.33. The summed E-state index contributed by atoms with van der Waals surface area (Å²) in [7, 11) is 1.71. The van der Waals surface area contributed by atoms with Gasteiger partial charge in [-0.25, -0.2) is 0 Å². The zero-order chi connectivity index (χ0) is 13.0. The number of piperazine rings is 1. The van der Waals surface area contributed by atoms with Crippen molar-refractivity contribution in [2.45, 2.75) is 38.3 Å². The van der Waals surface area contributed by atoms with Gasteiger partial charge in [-0.05, 0) is 32.6 Å². The van der Waals surface area contributed by atoms with Gasteiger partial charge in [-0.3, -0.25) is 4.90 Å². The maximum Gasteiger partial charge on any atom is 0.0700 e. The highest BCUT2D eigenvalue weighted by Gasteiger charge is 2.40. The van der Waals surface area contributed by atoms with Crippen LogP contribution in [0, 0.1) is 5.92 Å². The van der Waals surface area contributed by atoms with E-state index in [1.165, 1.54) is 12.8 Å². The number of ether oxygens (including phenoxy) is 2. The van der Waals surface area contributed by atoms with E-state index in [4.69, 9.17) is 9.47 Å². The summed E-state index contributed by atoms with van der Waals surface area (Å²) in [5, 5.41) is 3.67. The van der Waals surface area contributed by atoms with E-state index >= 15 is 0 Å². The number of hydrogen-bond donors (Lipinski definition) is 1. The lowest BCUT2D eigenvalue weighted by molar-refractivity contribution is 0.0256. The van der Waals surface area contributed by atoms with Gasteiger partial charge in [-0.2, -0.15) is 0 Å². The molecule has 0 aromatic heterocycles. The van der Waals surface area contributed by atoms with Gasteiger partial charge >= 0.3 is 0 Å². The summed E-state index contributed by atoms with van der Waals surface area (Å²) in [6.07, 6.45) is 2.82. The largest absolute Gasteiger partial charge is 0.382 e. The highest BCUT2D eigenvalue weighted by Crippen LogP contribution is 2.37. The molecule has 1 heterocycles. The van der Waals surface area contributed by atoms with Gasteiger partial charge in [-0.1, -0.05) is 0 Å². The fourth-order valence-corrected chi connectivity index (χ4v) is 2.81. The molecule has 0 aromatic rings. The second-order valence-electron chi connectivity index (χ2n) is 6.25. The van der Waals surface area contributed by atoms with Crippen molar-refractivity contribution in [3.8, 4) is 0 Å². The van der Waals surface area contributed by atoms with Crippen molar-refractivity contribution >= 4 is 0 Å². The summed E-state index contributed by atoms with van der Waals surface area (Å²) in [5.74, 6) is 0.924. The van der Waals surface area contributed by atoms with E-state index in [1.54, 1.807) is 7.11 Å². The molecule has 4 nitrogen and oxygen atoms in total. The Hall–Kier alpha value is -0.160. The van der Waals surface area contributed by atoms with Crippen molar-refractivity contribution in [3.63, 3.8) is 0 Å². The number of methoxy groups -OCH3 is 1. The Morgan fingerprint density at radius 2 is 2.00 bits per heavy atom. The molecular formula is C14H28N2O2. The smallest absolute Gasteiger partial charge is 0.0700 e. The highest BCUT2D eigenvalue weighted by molar-refractivity contribution is 4.98. The summed E-state index contributed by atoms with van der Waals surface area (Å²) in [6, 6.07) is 0.726. The van der Waals surface area contributed by atoms with Crippen LogP contribution in [0.25, 0.3) is 0 Å². The van der Waals surface area contributed by atoms with Crippen molar-refractivity contribution in [2.75, 3.05) is 46.6 Å². The molecule has 1 unspecified atom stereocenters. The van der Waals surface area contributed by atoms with E-state index in [0.717, 1.165) is 38.2 Å². The minimum Gasteiger partial charge on any atom is -0.382 e. The van der Waals surface area contributed by atoms with E-state index in [-0.39, 0.29) is 5.54 Å². The van der Waals surface area contributed by atoms with Crippen LogP contribution in [0.2, 0.25) is 0 Å². The first-order chi connectivity index (χ1) is 8.62. The predicted octanol–water partition coefficient (Wildman–Crippen LogP) is 1.11. The topological polar surface area (TPSA) is 33.7 Å². The van der Waals surface area contributed by atoms with Gasteiger partial charge in [0.15, 0.2) is 0 Å². The van der Waals surface area contributed by atoms with Crippen LogP contribution in [0.15, 0.2) is 0 Å². The summed E-state index contributed by atoms with van der Waals surface area (Å²) >= 11 is 0. The van der Waals surface area contributed by atoms with Gasteiger partial charge < -0.3 is 14.8 Å². The molecule has 1 saturated carbocycles. The number of nitrogens with zero attached hydrogens (tertiary/aromatic N) is 1. The fourth-order valence-electron chi connectivity index (χ4n) is 2.81. The lowest BCUT2D eigenvalue weighted by Crippen LogP contribution is -2.62. The van der Waals surface area contributed by atoms with Crippen LogP contribution in [0.5, 0.6) is 0 Å². The van der Waals surface area contributed by atoms with Crippen LogP contribution in [-0.4, -0.2) is 63.0 Å². The molecule has 1 N–H and O–H groups in total. The molecule has 0 bridgehead atoms. The lowest BCUT2D eigenvalue weighted by Gasteiger charge is -2.45. The first-order valence-electron chi connectivity index (χ1n) is 7.18. The first kappa shape index (κ1) is 14.3. The summed E-state index contributed by atoms with van der Waals surface area (Å²) in [4.78, 5) is 2.63. The summed E-state index contributed by atoms with van der Waals surface area (Å²) in [6.45, 7) is 10.1. The van der Waals surface area contributed by atoms with E-state index in [1.807, 2.05) is 0 Å². The minimum absolute atomic E-state index is 0.234. The predicted molar refractivity (Wildman–Crippen MR) is 72.9 cm³/mol. The molecule has 2 aliphatic rings. The summed E-state index contributed by atoms with van der Waals surface area (Å²) in [5.41, 5.74) is 0.234. The molecule has 1 saturated heterocycles. The van der Waals surface area contributed by atoms with Crippen LogP contribution in [0.1, 0.15) is 26.7 Å². The van der Waals surface area contributed by atoms with Crippen LogP contribution in [-0.2, 0) is 9.47 Å². The van der Waals surface area contributed by atoms with E-state index < -0.39 is 0 Å². The molecule has 4 heteroatoms. The Kier molecular flexibility index (Phi) is 5.01. The van der Waals surface area contributed by atoms with Gasteiger partial charge in [0.05, 0.1) is 19.8 Å². The van der Waals surface area contributed by atoms with Crippen molar-refractivity contribution in [2.24, 2.45) is 5.92 Å². The van der Waals surface area contributed by atoms with Crippen molar-refractivity contribution in [1.29, 1.82) is 0 Å². The Bertz CT molecular complexity index is 254. The Morgan fingerprint density at radius 3 is 2.67 bits per heavy atom. The zero-order valence-corrected chi connectivity index (χ0v) is 12.1. The van der Waals surface area contributed by atoms with Crippen LogP contribution < -0.4 is 5.32 Å². The molecule has 1 aliphatic carbocycles. The fraction of sp³-hybridized carbons (Fsp3) is 1.00. The first-order valence-corrected chi connectivity index (χ1v) is 7.18. The van der Waals surface area contributed by atoms with Crippen molar-refractivity contribution in [1.82, 2.24) is 10.2 Å². The SMILES string of the molecule is COCCOCCN1CC(C)(C)NCC1C1CC1. The average Bonchev–Trinajstić information content (AvgIpc) is 3.12. The molecule has 18 heavy (non-hydrogen) atoms.